The van der Waals surface area contributed by atoms with Crippen LogP contribution in [0.1, 0.15) is 16.2 Å². The van der Waals surface area contributed by atoms with Crippen LogP contribution < -0.4 is 10.1 Å². The lowest BCUT2D eigenvalue weighted by Gasteiger charge is -2.10. The molecule has 0 bridgehead atoms. The van der Waals surface area contributed by atoms with E-state index in [0.717, 1.165) is 5.69 Å². The maximum atomic E-state index is 12.4. The number of amides is 1. The Hall–Kier alpha value is -3.10. The summed E-state index contributed by atoms with van der Waals surface area (Å²) in [5.74, 6) is -0.102. The molecule has 1 aromatic heterocycles. The second kappa shape index (κ2) is 7.87. The highest BCUT2D eigenvalue weighted by molar-refractivity contribution is 6.35. The van der Waals surface area contributed by atoms with Crippen LogP contribution in [0.15, 0.2) is 42.5 Å². The summed E-state index contributed by atoms with van der Waals surface area (Å²) in [4.78, 5) is 23.1. The van der Waals surface area contributed by atoms with Crippen molar-refractivity contribution in [3.63, 3.8) is 0 Å². The van der Waals surface area contributed by atoms with Gasteiger partial charge in [0.2, 0.25) is 0 Å². The zero-order valence-electron chi connectivity index (χ0n) is 14.8. The molecule has 1 N–H and O–H groups in total. The Balaban J connectivity index is 1.90. The lowest BCUT2D eigenvalue weighted by atomic mass is 10.2. The molecule has 144 valence electrons. The quantitative estimate of drug-likeness (QED) is 0.462. The Bertz CT molecular complexity index is 1060. The number of hydrogen-bond acceptors (Lipinski definition) is 5. The predicted octanol–water partition coefficient (Wildman–Crippen LogP) is 4.99. The number of nitro groups is 1. The summed E-state index contributed by atoms with van der Waals surface area (Å²) in [5.41, 5.74) is 0.915. The molecule has 0 saturated carbocycles. The molecule has 0 atom stereocenters. The molecule has 0 aliphatic carbocycles. The molecule has 0 radical (unpaired) electrons. The minimum atomic E-state index is -0.586. The Kier molecular flexibility index (Phi) is 5.53. The fraction of sp³-hybridized carbons (Fsp3) is 0.111. The van der Waals surface area contributed by atoms with Crippen LogP contribution in [0.4, 0.5) is 11.4 Å². The van der Waals surface area contributed by atoms with Crippen LogP contribution >= 0.6 is 23.2 Å². The Labute approximate surface area is 169 Å². The number of rotatable bonds is 5. The minimum absolute atomic E-state index is 0.130. The van der Waals surface area contributed by atoms with Crippen molar-refractivity contribution in [1.29, 1.82) is 0 Å². The topological polar surface area (TPSA) is 99.3 Å². The van der Waals surface area contributed by atoms with E-state index in [9.17, 15) is 14.9 Å². The molecule has 0 aliphatic heterocycles. The van der Waals surface area contributed by atoms with Gasteiger partial charge in [0.1, 0.15) is 11.5 Å². The number of halogens is 2. The van der Waals surface area contributed by atoms with Crippen LogP contribution in [-0.4, -0.2) is 20.6 Å². The average Bonchev–Trinajstić information content (AvgIpc) is 2.96. The predicted molar refractivity (Wildman–Crippen MR) is 106 cm³/mol. The molecule has 0 spiro atoms. The van der Waals surface area contributed by atoms with Crippen molar-refractivity contribution in [2.24, 2.45) is 7.05 Å². The lowest BCUT2D eigenvalue weighted by molar-refractivity contribution is -0.384. The van der Waals surface area contributed by atoms with E-state index in [4.69, 9.17) is 27.9 Å². The number of carbonyl (C=O) groups excluding carboxylic acids is 1. The van der Waals surface area contributed by atoms with E-state index in [1.165, 1.54) is 24.3 Å². The molecule has 8 nitrogen and oxygen atoms in total. The number of aryl methyl sites for hydroxylation is 2. The number of benzene rings is 2. The summed E-state index contributed by atoms with van der Waals surface area (Å²) in [6, 6.07) is 10.1. The number of non-ortho nitro benzene ring substituents is 1. The largest absolute Gasteiger partial charge is 0.455 e. The van der Waals surface area contributed by atoms with E-state index in [1.807, 2.05) is 0 Å². The van der Waals surface area contributed by atoms with E-state index in [1.54, 1.807) is 36.9 Å². The summed E-state index contributed by atoms with van der Waals surface area (Å²) in [5, 5.41) is 18.6. The number of nitrogens with one attached hydrogen (secondary N) is 1. The SMILES string of the molecule is Cc1cc(C(=O)Nc2cc(Oc3ccc(Cl)cc3Cl)cc([N+](=O)[O-])c2)nn1C. The Morgan fingerprint density at radius 3 is 2.57 bits per heavy atom. The highest BCUT2D eigenvalue weighted by atomic mass is 35.5. The second-order valence-corrected chi connectivity index (χ2v) is 6.74. The number of anilines is 1. The number of carbonyl (C=O) groups is 1. The van der Waals surface area contributed by atoms with E-state index in [0.29, 0.717) is 5.02 Å². The van der Waals surface area contributed by atoms with Crippen molar-refractivity contribution < 1.29 is 14.5 Å². The monoisotopic (exact) mass is 420 g/mol. The zero-order valence-corrected chi connectivity index (χ0v) is 16.3. The van der Waals surface area contributed by atoms with Crippen LogP contribution in [0.2, 0.25) is 10.0 Å². The van der Waals surface area contributed by atoms with Gasteiger partial charge in [0.25, 0.3) is 11.6 Å². The molecular weight excluding hydrogens is 407 g/mol. The first-order chi connectivity index (χ1) is 13.2. The van der Waals surface area contributed by atoms with Gasteiger partial charge in [-0.2, -0.15) is 5.10 Å². The Morgan fingerprint density at radius 1 is 1.21 bits per heavy atom. The Morgan fingerprint density at radius 2 is 1.96 bits per heavy atom. The summed E-state index contributed by atoms with van der Waals surface area (Å²) >= 11 is 11.9. The van der Waals surface area contributed by atoms with E-state index in [-0.39, 0.29) is 33.6 Å². The second-order valence-electron chi connectivity index (χ2n) is 5.90. The standard InChI is InChI=1S/C18H14Cl2N4O4/c1-10-5-16(22-23(10)2)18(25)21-12-7-13(24(26)27)9-14(8-12)28-17-4-3-11(19)6-15(17)20/h3-9H,1-2H3,(H,21,25). The van der Waals surface area contributed by atoms with Crippen molar-refractivity contribution >= 4 is 40.5 Å². The molecule has 1 amide bonds. The van der Waals surface area contributed by atoms with Crippen molar-refractivity contribution in [2.45, 2.75) is 6.92 Å². The molecule has 2 aromatic carbocycles. The van der Waals surface area contributed by atoms with Crippen molar-refractivity contribution in [3.8, 4) is 11.5 Å². The summed E-state index contributed by atoms with van der Waals surface area (Å²) in [6.07, 6.45) is 0. The zero-order chi connectivity index (χ0) is 20.4. The summed E-state index contributed by atoms with van der Waals surface area (Å²) < 4.78 is 7.20. The molecule has 10 heteroatoms. The van der Waals surface area contributed by atoms with Gasteiger partial charge in [0, 0.05) is 29.9 Å². The first-order valence-electron chi connectivity index (χ1n) is 7.97. The van der Waals surface area contributed by atoms with Gasteiger partial charge in [-0.3, -0.25) is 19.6 Å². The number of nitro benzene ring substituents is 1. The molecule has 0 saturated heterocycles. The van der Waals surface area contributed by atoms with Gasteiger partial charge in [-0.25, -0.2) is 0 Å². The first kappa shape index (κ1) is 19.7. The van der Waals surface area contributed by atoms with Crippen LogP contribution in [0.5, 0.6) is 11.5 Å². The van der Waals surface area contributed by atoms with Crippen LogP contribution in [0, 0.1) is 17.0 Å². The summed E-state index contributed by atoms with van der Waals surface area (Å²) in [6.45, 7) is 1.80. The fourth-order valence-electron chi connectivity index (χ4n) is 2.37. The van der Waals surface area contributed by atoms with Gasteiger partial charge >= 0.3 is 0 Å². The first-order valence-corrected chi connectivity index (χ1v) is 8.73. The van der Waals surface area contributed by atoms with Crippen molar-refractivity contribution in [3.05, 3.63) is 74.0 Å². The van der Waals surface area contributed by atoms with E-state index < -0.39 is 10.8 Å². The highest BCUT2D eigenvalue weighted by Crippen LogP contribution is 2.34. The van der Waals surface area contributed by atoms with Crippen LogP contribution in [0.3, 0.4) is 0 Å². The third kappa shape index (κ3) is 4.41. The minimum Gasteiger partial charge on any atom is -0.455 e. The van der Waals surface area contributed by atoms with Crippen LogP contribution in [-0.2, 0) is 7.05 Å². The molecule has 3 rings (SSSR count). The number of ether oxygens (including phenoxy) is 1. The van der Waals surface area contributed by atoms with Gasteiger partial charge in [-0.1, -0.05) is 23.2 Å². The smallest absolute Gasteiger partial charge is 0.276 e. The normalized spacial score (nSPS) is 10.6. The third-order valence-electron chi connectivity index (χ3n) is 3.83. The molecule has 0 fully saturated rings. The van der Waals surface area contributed by atoms with Gasteiger partial charge in [-0.05, 0) is 31.2 Å². The number of nitrogens with zero attached hydrogens (tertiary/aromatic N) is 3. The van der Waals surface area contributed by atoms with Gasteiger partial charge < -0.3 is 10.1 Å². The molecule has 0 aliphatic rings. The third-order valence-corrected chi connectivity index (χ3v) is 4.36. The van der Waals surface area contributed by atoms with Gasteiger partial charge in [0.15, 0.2) is 5.69 Å². The average molecular weight is 421 g/mol. The fourth-order valence-corrected chi connectivity index (χ4v) is 2.82. The van der Waals surface area contributed by atoms with E-state index in [2.05, 4.69) is 10.4 Å². The van der Waals surface area contributed by atoms with Crippen molar-refractivity contribution in [1.82, 2.24) is 9.78 Å². The molecule has 28 heavy (non-hydrogen) atoms. The number of aromatic nitrogens is 2. The highest BCUT2D eigenvalue weighted by Gasteiger charge is 2.16. The number of hydrogen-bond donors (Lipinski definition) is 1. The molecule has 3 aromatic rings. The van der Waals surface area contributed by atoms with Gasteiger partial charge in [0.05, 0.1) is 21.7 Å². The van der Waals surface area contributed by atoms with Crippen molar-refractivity contribution in [2.75, 3.05) is 5.32 Å². The van der Waals surface area contributed by atoms with Crippen LogP contribution in [0.25, 0.3) is 0 Å². The maximum absolute atomic E-state index is 12.4. The van der Waals surface area contributed by atoms with Gasteiger partial charge in [-0.15, -0.1) is 0 Å². The molecular formula is C18H14Cl2N4O4. The van der Waals surface area contributed by atoms with E-state index >= 15 is 0 Å². The lowest BCUT2D eigenvalue weighted by Crippen LogP contribution is -2.13. The maximum Gasteiger partial charge on any atom is 0.276 e. The molecule has 0 unspecified atom stereocenters. The molecule has 1 heterocycles. The summed E-state index contributed by atoms with van der Waals surface area (Å²) in [7, 11) is 1.71.